The van der Waals surface area contributed by atoms with Crippen LogP contribution in [-0.4, -0.2) is 30.6 Å². The third kappa shape index (κ3) is 3.97. The Morgan fingerprint density at radius 1 is 1.26 bits per heavy atom. The highest BCUT2D eigenvalue weighted by Crippen LogP contribution is 2.24. The second-order valence-electron chi connectivity index (χ2n) is 5.93. The van der Waals surface area contributed by atoms with E-state index in [2.05, 4.69) is 55.3 Å². The fourth-order valence-corrected chi connectivity index (χ4v) is 3.09. The molecule has 1 aliphatic rings. The van der Waals surface area contributed by atoms with Crippen LogP contribution in [0.2, 0.25) is 0 Å². The Kier molecular flexibility index (Phi) is 5.26. The number of likely N-dealkylation sites (tertiary alicyclic amines) is 1. The van der Waals surface area contributed by atoms with Crippen molar-refractivity contribution in [2.45, 2.75) is 46.1 Å². The van der Waals surface area contributed by atoms with Gasteiger partial charge in [0.05, 0.1) is 0 Å². The molecule has 1 aliphatic heterocycles. The molecule has 0 aromatic heterocycles. The van der Waals surface area contributed by atoms with Crippen LogP contribution < -0.4 is 5.32 Å². The minimum absolute atomic E-state index is 0.574. The van der Waals surface area contributed by atoms with E-state index in [4.69, 9.17) is 0 Å². The van der Waals surface area contributed by atoms with Gasteiger partial charge in [0.1, 0.15) is 0 Å². The number of piperidine rings is 1. The summed E-state index contributed by atoms with van der Waals surface area (Å²) in [7, 11) is 0. The molecule has 1 aromatic rings. The quantitative estimate of drug-likeness (QED) is 0.863. The monoisotopic (exact) mass is 260 g/mol. The molecule has 0 saturated carbocycles. The minimum atomic E-state index is 0.574. The minimum Gasteiger partial charge on any atom is -0.382 e. The Hall–Kier alpha value is -1.02. The van der Waals surface area contributed by atoms with Gasteiger partial charge in [-0.15, -0.1) is 0 Å². The lowest BCUT2D eigenvalue weighted by atomic mass is 9.90. The topological polar surface area (TPSA) is 15.3 Å². The Morgan fingerprint density at radius 3 is 2.58 bits per heavy atom. The van der Waals surface area contributed by atoms with Gasteiger partial charge in [-0.3, -0.25) is 0 Å². The van der Waals surface area contributed by atoms with Gasteiger partial charge in [0.15, 0.2) is 0 Å². The third-order valence-electron chi connectivity index (χ3n) is 4.41. The first-order chi connectivity index (χ1) is 9.20. The maximum atomic E-state index is 3.71. The van der Waals surface area contributed by atoms with Crippen molar-refractivity contribution in [2.75, 3.05) is 25.0 Å². The smallest absolute Gasteiger partial charge is 0.0372 e. The van der Waals surface area contributed by atoms with Crippen LogP contribution in [0.1, 0.15) is 38.7 Å². The van der Waals surface area contributed by atoms with E-state index in [9.17, 15) is 0 Å². The Bertz CT molecular complexity index is 381. The standard InChI is InChI=1S/C17H28N2/c1-4-11-19-12-9-16(10-13-19)15(3)18-17-8-6-5-7-14(17)2/h5-8,15-16,18H,4,9-13H2,1-3H3. The molecule has 1 heterocycles. The molecule has 1 atom stereocenters. The van der Waals surface area contributed by atoms with Gasteiger partial charge >= 0.3 is 0 Å². The highest BCUT2D eigenvalue weighted by Gasteiger charge is 2.23. The van der Waals surface area contributed by atoms with Crippen molar-refractivity contribution in [3.8, 4) is 0 Å². The molecule has 1 unspecified atom stereocenters. The van der Waals surface area contributed by atoms with Gasteiger partial charge in [-0.25, -0.2) is 0 Å². The van der Waals surface area contributed by atoms with Crippen molar-refractivity contribution < 1.29 is 0 Å². The number of rotatable bonds is 5. The summed E-state index contributed by atoms with van der Waals surface area (Å²) in [6, 6.07) is 9.17. The molecule has 0 radical (unpaired) electrons. The van der Waals surface area contributed by atoms with Crippen LogP contribution >= 0.6 is 0 Å². The molecule has 2 rings (SSSR count). The fraction of sp³-hybridized carbons (Fsp3) is 0.647. The van der Waals surface area contributed by atoms with E-state index in [1.54, 1.807) is 0 Å². The Morgan fingerprint density at radius 2 is 1.95 bits per heavy atom. The zero-order valence-electron chi connectivity index (χ0n) is 12.7. The van der Waals surface area contributed by atoms with Gasteiger partial charge in [0, 0.05) is 11.7 Å². The summed E-state index contributed by atoms with van der Waals surface area (Å²) in [5.74, 6) is 0.813. The van der Waals surface area contributed by atoms with Crippen molar-refractivity contribution in [3.63, 3.8) is 0 Å². The predicted molar refractivity (Wildman–Crippen MR) is 83.7 cm³/mol. The second-order valence-corrected chi connectivity index (χ2v) is 5.93. The summed E-state index contributed by atoms with van der Waals surface area (Å²) in [5, 5.41) is 3.71. The van der Waals surface area contributed by atoms with E-state index in [0.29, 0.717) is 6.04 Å². The maximum absolute atomic E-state index is 3.71. The first-order valence-electron chi connectivity index (χ1n) is 7.75. The molecule has 1 aromatic carbocycles. The summed E-state index contributed by atoms with van der Waals surface area (Å²) in [6.45, 7) is 10.6. The van der Waals surface area contributed by atoms with Crippen LogP contribution in [0.15, 0.2) is 24.3 Å². The molecule has 0 aliphatic carbocycles. The molecule has 1 fully saturated rings. The molecule has 2 nitrogen and oxygen atoms in total. The van der Waals surface area contributed by atoms with Crippen molar-refractivity contribution in [1.82, 2.24) is 4.90 Å². The van der Waals surface area contributed by atoms with Crippen molar-refractivity contribution >= 4 is 5.69 Å². The predicted octanol–water partition coefficient (Wildman–Crippen LogP) is 3.92. The van der Waals surface area contributed by atoms with Crippen LogP contribution in [0.5, 0.6) is 0 Å². The molecule has 1 N–H and O–H groups in total. The maximum Gasteiger partial charge on any atom is 0.0372 e. The van der Waals surface area contributed by atoms with E-state index in [0.717, 1.165) is 5.92 Å². The molecular weight excluding hydrogens is 232 g/mol. The average molecular weight is 260 g/mol. The zero-order valence-corrected chi connectivity index (χ0v) is 12.7. The first kappa shape index (κ1) is 14.4. The lowest BCUT2D eigenvalue weighted by Gasteiger charge is -2.35. The fourth-order valence-electron chi connectivity index (χ4n) is 3.09. The summed E-state index contributed by atoms with van der Waals surface area (Å²) < 4.78 is 0. The third-order valence-corrected chi connectivity index (χ3v) is 4.41. The van der Waals surface area contributed by atoms with Crippen LogP contribution in [0.4, 0.5) is 5.69 Å². The number of aryl methyl sites for hydroxylation is 1. The number of hydrogen-bond donors (Lipinski definition) is 1. The molecule has 1 saturated heterocycles. The van der Waals surface area contributed by atoms with Gasteiger partial charge in [-0.1, -0.05) is 25.1 Å². The SMILES string of the molecule is CCCN1CCC(C(C)Nc2ccccc2C)CC1. The number of nitrogens with zero attached hydrogens (tertiary/aromatic N) is 1. The lowest BCUT2D eigenvalue weighted by molar-refractivity contribution is 0.176. The molecule has 2 heteroatoms. The second kappa shape index (κ2) is 6.95. The van der Waals surface area contributed by atoms with Gasteiger partial charge in [0.25, 0.3) is 0 Å². The van der Waals surface area contributed by atoms with E-state index >= 15 is 0 Å². The number of hydrogen-bond acceptors (Lipinski definition) is 2. The summed E-state index contributed by atoms with van der Waals surface area (Å²) in [4.78, 5) is 2.61. The number of para-hydroxylation sites is 1. The Labute approximate surface area is 118 Å². The molecular formula is C17H28N2. The van der Waals surface area contributed by atoms with Crippen molar-refractivity contribution in [2.24, 2.45) is 5.92 Å². The highest BCUT2D eigenvalue weighted by atomic mass is 15.1. The molecule has 0 spiro atoms. The van der Waals surface area contributed by atoms with Crippen LogP contribution in [-0.2, 0) is 0 Å². The zero-order chi connectivity index (χ0) is 13.7. The van der Waals surface area contributed by atoms with Crippen LogP contribution in [0.25, 0.3) is 0 Å². The molecule has 106 valence electrons. The van der Waals surface area contributed by atoms with E-state index in [1.165, 1.54) is 50.1 Å². The van der Waals surface area contributed by atoms with Gasteiger partial charge in [-0.2, -0.15) is 0 Å². The van der Waals surface area contributed by atoms with Crippen LogP contribution in [0.3, 0.4) is 0 Å². The van der Waals surface area contributed by atoms with Crippen LogP contribution in [0, 0.1) is 12.8 Å². The normalized spacial score (nSPS) is 19.3. The number of benzene rings is 1. The summed E-state index contributed by atoms with van der Waals surface area (Å²) in [6.07, 6.45) is 3.95. The van der Waals surface area contributed by atoms with E-state index < -0.39 is 0 Å². The van der Waals surface area contributed by atoms with Gasteiger partial charge in [0.2, 0.25) is 0 Å². The molecule has 19 heavy (non-hydrogen) atoms. The largest absolute Gasteiger partial charge is 0.382 e. The van der Waals surface area contributed by atoms with Crippen molar-refractivity contribution in [1.29, 1.82) is 0 Å². The molecule has 0 amide bonds. The molecule has 0 bridgehead atoms. The Balaban J connectivity index is 1.85. The van der Waals surface area contributed by atoms with Crippen molar-refractivity contribution in [3.05, 3.63) is 29.8 Å². The summed E-state index contributed by atoms with van der Waals surface area (Å²) in [5.41, 5.74) is 2.64. The van der Waals surface area contributed by atoms with E-state index in [-0.39, 0.29) is 0 Å². The number of anilines is 1. The lowest BCUT2D eigenvalue weighted by Crippen LogP contribution is -2.39. The first-order valence-corrected chi connectivity index (χ1v) is 7.75. The summed E-state index contributed by atoms with van der Waals surface area (Å²) >= 11 is 0. The van der Waals surface area contributed by atoms with E-state index in [1.807, 2.05) is 0 Å². The highest BCUT2D eigenvalue weighted by molar-refractivity contribution is 5.50. The average Bonchev–Trinajstić information content (AvgIpc) is 2.42. The number of nitrogens with one attached hydrogen (secondary N) is 1. The van der Waals surface area contributed by atoms with Gasteiger partial charge < -0.3 is 10.2 Å². The van der Waals surface area contributed by atoms with Gasteiger partial charge in [-0.05, 0) is 70.3 Å².